The third kappa shape index (κ3) is 10.8. The standard InChI is InChI=1S/C21H34O4/c1-2-3-4-5-6-7-8-9-10-11-12-13-14-15-21(23)25-19-16-17-24-20(19)18-22/h16-18H,2-15H2,1H3. The number of esters is 1. The van der Waals surface area contributed by atoms with Gasteiger partial charge in [-0.15, -0.1) is 0 Å². The molecular weight excluding hydrogens is 316 g/mol. The van der Waals surface area contributed by atoms with Crippen molar-refractivity contribution in [2.24, 2.45) is 0 Å². The topological polar surface area (TPSA) is 56.5 Å². The third-order valence-corrected chi connectivity index (χ3v) is 4.47. The highest BCUT2D eigenvalue weighted by atomic mass is 16.5. The monoisotopic (exact) mass is 350 g/mol. The van der Waals surface area contributed by atoms with Crippen LogP contribution < -0.4 is 4.74 Å². The van der Waals surface area contributed by atoms with Crippen LogP contribution in [0, 0.1) is 0 Å². The van der Waals surface area contributed by atoms with Gasteiger partial charge in [-0.25, -0.2) is 0 Å². The molecule has 0 amide bonds. The zero-order valence-electron chi connectivity index (χ0n) is 15.8. The predicted molar refractivity (Wildman–Crippen MR) is 100 cm³/mol. The van der Waals surface area contributed by atoms with Gasteiger partial charge in [0.15, 0.2) is 12.0 Å². The Morgan fingerprint density at radius 1 is 0.920 bits per heavy atom. The second-order valence-corrected chi connectivity index (χ2v) is 6.73. The van der Waals surface area contributed by atoms with Gasteiger partial charge in [-0.2, -0.15) is 0 Å². The normalized spacial score (nSPS) is 10.8. The van der Waals surface area contributed by atoms with Crippen molar-refractivity contribution in [3.63, 3.8) is 0 Å². The van der Waals surface area contributed by atoms with Crippen LogP contribution in [0.5, 0.6) is 5.75 Å². The van der Waals surface area contributed by atoms with E-state index in [2.05, 4.69) is 6.92 Å². The molecule has 0 unspecified atom stereocenters. The van der Waals surface area contributed by atoms with Gasteiger partial charge in [0, 0.05) is 12.5 Å². The van der Waals surface area contributed by atoms with Crippen LogP contribution >= 0.6 is 0 Å². The van der Waals surface area contributed by atoms with Crippen molar-refractivity contribution in [3.8, 4) is 5.75 Å². The molecule has 1 aromatic heterocycles. The van der Waals surface area contributed by atoms with Crippen LogP contribution in [0.2, 0.25) is 0 Å². The molecular formula is C21H34O4. The van der Waals surface area contributed by atoms with Crippen LogP contribution in [-0.4, -0.2) is 12.3 Å². The van der Waals surface area contributed by atoms with Crippen molar-refractivity contribution in [2.45, 2.75) is 96.8 Å². The maximum absolute atomic E-state index is 11.7. The first-order chi connectivity index (χ1) is 12.3. The van der Waals surface area contributed by atoms with Gasteiger partial charge < -0.3 is 9.15 Å². The number of carbonyl (C=O) groups is 2. The Labute approximate surface area is 152 Å². The lowest BCUT2D eigenvalue weighted by Crippen LogP contribution is -2.08. The fraction of sp³-hybridized carbons (Fsp3) is 0.714. The van der Waals surface area contributed by atoms with E-state index in [0.717, 1.165) is 12.8 Å². The van der Waals surface area contributed by atoms with E-state index in [4.69, 9.17) is 9.15 Å². The van der Waals surface area contributed by atoms with E-state index in [0.29, 0.717) is 12.7 Å². The van der Waals surface area contributed by atoms with Crippen LogP contribution in [0.15, 0.2) is 16.7 Å². The average molecular weight is 350 g/mol. The molecule has 0 aromatic carbocycles. The number of aldehydes is 1. The zero-order chi connectivity index (χ0) is 18.2. The van der Waals surface area contributed by atoms with Gasteiger partial charge in [0.05, 0.1) is 6.26 Å². The Morgan fingerprint density at radius 2 is 1.44 bits per heavy atom. The maximum atomic E-state index is 11.7. The van der Waals surface area contributed by atoms with E-state index in [9.17, 15) is 9.59 Å². The molecule has 0 saturated carbocycles. The molecule has 1 rings (SSSR count). The molecule has 0 saturated heterocycles. The highest BCUT2D eigenvalue weighted by molar-refractivity contribution is 5.79. The molecule has 4 heteroatoms. The molecule has 0 radical (unpaired) electrons. The molecule has 1 heterocycles. The second-order valence-electron chi connectivity index (χ2n) is 6.73. The molecule has 25 heavy (non-hydrogen) atoms. The zero-order valence-corrected chi connectivity index (χ0v) is 15.8. The molecule has 0 aliphatic heterocycles. The number of hydrogen-bond acceptors (Lipinski definition) is 4. The summed E-state index contributed by atoms with van der Waals surface area (Å²) < 4.78 is 10.0. The number of furan rings is 1. The minimum absolute atomic E-state index is 0.0683. The lowest BCUT2D eigenvalue weighted by molar-refractivity contribution is -0.134. The summed E-state index contributed by atoms with van der Waals surface area (Å²) in [5.74, 6) is -0.0130. The lowest BCUT2D eigenvalue weighted by Gasteiger charge is -2.04. The van der Waals surface area contributed by atoms with E-state index in [1.807, 2.05) is 0 Å². The summed E-state index contributed by atoms with van der Waals surface area (Å²) in [7, 11) is 0. The molecule has 0 N–H and O–H groups in total. The maximum Gasteiger partial charge on any atom is 0.311 e. The van der Waals surface area contributed by atoms with E-state index >= 15 is 0 Å². The van der Waals surface area contributed by atoms with E-state index in [1.165, 1.54) is 83.0 Å². The molecule has 142 valence electrons. The van der Waals surface area contributed by atoms with Gasteiger partial charge >= 0.3 is 5.97 Å². The van der Waals surface area contributed by atoms with Crippen molar-refractivity contribution in [1.82, 2.24) is 0 Å². The first-order valence-corrected chi connectivity index (χ1v) is 10.0. The lowest BCUT2D eigenvalue weighted by atomic mass is 10.0. The Balaban J connectivity index is 1.87. The number of carbonyl (C=O) groups excluding carboxylic acids is 2. The van der Waals surface area contributed by atoms with Crippen molar-refractivity contribution in [1.29, 1.82) is 0 Å². The summed E-state index contributed by atoms with van der Waals surface area (Å²) in [6.45, 7) is 2.26. The van der Waals surface area contributed by atoms with Gasteiger partial charge in [0.2, 0.25) is 5.76 Å². The van der Waals surface area contributed by atoms with Gasteiger partial charge in [-0.3, -0.25) is 9.59 Å². The van der Waals surface area contributed by atoms with Crippen LogP contribution in [0.25, 0.3) is 0 Å². The minimum atomic E-state index is -0.299. The highest BCUT2D eigenvalue weighted by Crippen LogP contribution is 2.19. The highest BCUT2D eigenvalue weighted by Gasteiger charge is 2.11. The van der Waals surface area contributed by atoms with Crippen molar-refractivity contribution in [3.05, 3.63) is 18.1 Å². The first kappa shape index (κ1) is 21.5. The molecule has 4 nitrogen and oxygen atoms in total. The fourth-order valence-corrected chi connectivity index (χ4v) is 2.94. The van der Waals surface area contributed by atoms with E-state index in [-0.39, 0.29) is 17.5 Å². The van der Waals surface area contributed by atoms with Crippen LogP contribution in [0.3, 0.4) is 0 Å². The number of unbranched alkanes of at least 4 members (excludes halogenated alkanes) is 12. The summed E-state index contributed by atoms with van der Waals surface area (Å²) in [5, 5.41) is 0. The molecule has 0 atom stereocenters. The Morgan fingerprint density at radius 3 is 1.96 bits per heavy atom. The quantitative estimate of drug-likeness (QED) is 0.194. The SMILES string of the molecule is CCCCCCCCCCCCCCCC(=O)Oc1ccoc1C=O. The largest absolute Gasteiger partial charge is 0.457 e. The van der Waals surface area contributed by atoms with Gasteiger partial charge in [0.1, 0.15) is 0 Å². The molecule has 1 aromatic rings. The Hall–Kier alpha value is -1.58. The van der Waals surface area contributed by atoms with Gasteiger partial charge in [0.25, 0.3) is 0 Å². The molecule has 0 spiro atoms. The van der Waals surface area contributed by atoms with Gasteiger partial charge in [-0.05, 0) is 6.42 Å². The smallest absolute Gasteiger partial charge is 0.311 e. The first-order valence-electron chi connectivity index (χ1n) is 10.0. The Kier molecular flexibility index (Phi) is 12.7. The molecule has 0 aliphatic rings. The van der Waals surface area contributed by atoms with Crippen LogP contribution in [0.4, 0.5) is 0 Å². The fourth-order valence-electron chi connectivity index (χ4n) is 2.94. The summed E-state index contributed by atoms with van der Waals surface area (Å²) >= 11 is 0. The minimum Gasteiger partial charge on any atom is -0.457 e. The van der Waals surface area contributed by atoms with E-state index < -0.39 is 0 Å². The summed E-state index contributed by atoms with van der Waals surface area (Å²) in [5.41, 5.74) is 0. The summed E-state index contributed by atoms with van der Waals surface area (Å²) in [6, 6.07) is 1.49. The molecule has 0 bridgehead atoms. The van der Waals surface area contributed by atoms with Crippen molar-refractivity contribution in [2.75, 3.05) is 0 Å². The summed E-state index contributed by atoms with van der Waals surface area (Å²) in [4.78, 5) is 22.4. The van der Waals surface area contributed by atoms with E-state index in [1.54, 1.807) is 0 Å². The average Bonchev–Trinajstić information content (AvgIpc) is 3.06. The number of ether oxygens (including phenoxy) is 1. The predicted octanol–water partition coefficient (Wildman–Crippen LogP) is 6.48. The summed E-state index contributed by atoms with van der Waals surface area (Å²) in [6.07, 6.45) is 18.9. The van der Waals surface area contributed by atoms with Crippen molar-refractivity contribution >= 4 is 12.3 Å². The number of rotatable bonds is 16. The Bertz CT molecular complexity index is 464. The third-order valence-electron chi connectivity index (χ3n) is 4.47. The molecule has 0 aliphatic carbocycles. The van der Waals surface area contributed by atoms with Crippen molar-refractivity contribution < 1.29 is 18.7 Å². The second kappa shape index (κ2) is 14.7. The van der Waals surface area contributed by atoms with Crippen LogP contribution in [-0.2, 0) is 4.79 Å². The van der Waals surface area contributed by atoms with Gasteiger partial charge in [-0.1, -0.05) is 84.0 Å². The van der Waals surface area contributed by atoms with Crippen LogP contribution in [0.1, 0.15) is 107 Å². The molecule has 0 fully saturated rings. The number of hydrogen-bond donors (Lipinski definition) is 0.